The topological polar surface area (TPSA) is 68.0 Å². The van der Waals surface area contributed by atoms with Crippen molar-refractivity contribution in [2.24, 2.45) is 0 Å². The number of rotatable bonds is 4. The summed E-state index contributed by atoms with van der Waals surface area (Å²) < 4.78 is 0. The van der Waals surface area contributed by atoms with Crippen molar-refractivity contribution in [1.82, 2.24) is 10.3 Å². The van der Waals surface area contributed by atoms with Crippen LogP contribution in [-0.2, 0) is 6.54 Å². The lowest BCUT2D eigenvalue weighted by Gasteiger charge is -2.05. The van der Waals surface area contributed by atoms with Gasteiger partial charge in [0.25, 0.3) is 5.91 Å². The van der Waals surface area contributed by atoms with Gasteiger partial charge in [-0.25, -0.2) is 4.98 Å². The van der Waals surface area contributed by atoms with Crippen LogP contribution in [0.4, 0.5) is 5.13 Å². The molecule has 1 aromatic heterocycles. The summed E-state index contributed by atoms with van der Waals surface area (Å²) >= 11 is 1.37. The molecule has 110 valence electrons. The normalized spacial score (nSPS) is 10.4. The highest BCUT2D eigenvalue weighted by atomic mass is 32.1. The van der Waals surface area contributed by atoms with E-state index < -0.39 is 0 Å². The number of nitrogen functional groups attached to an aromatic ring is 1. The van der Waals surface area contributed by atoms with Gasteiger partial charge in [0.1, 0.15) is 0 Å². The van der Waals surface area contributed by atoms with Gasteiger partial charge in [0.2, 0.25) is 0 Å². The van der Waals surface area contributed by atoms with Crippen molar-refractivity contribution in [1.29, 1.82) is 0 Å². The standard InChI is InChI=1S/C17H15N3OS/c18-17-20-15(11-22-17)10-19-16(21)14-8-6-13(7-9-14)12-4-2-1-3-5-12/h1-9,11H,10H2,(H2,18,20)(H,19,21). The number of nitrogens with two attached hydrogens (primary N) is 1. The van der Waals surface area contributed by atoms with Crippen LogP contribution in [0.25, 0.3) is 11.1 Å². The zero-order chi connectivity index (χ0) is 15.4. The van der Waals surface area contributed by atoms with Crippen molar-refractivity contribution in [3.63, 3.8) is 0 Å². The zero-order valence-electron chi connectivity index (χ0n) is 11.8. The number of amides is 1. The Kier molecular flexibility index (Phi) is 4.16. The van der Waals surface area contributed by atoms with E-state index in [9.17, 15) is 4.79 Å². The maximum atomic E-state index is 12.1. The van der Waals surface area contributed by atoms with E-state index in [1.807, 2.05) is 60.0 Å². The molecule has 1 heterocycles. The first-order valence-corrected chi connectivity index (χ1v) is 7.74. The van der Waals surface area contributed by atoms with Crippen LogP contribution in [0.15, 0.2) is 60.0 Å². The average Bonchev–Trinajstić information content (AvgIpc) is 2.99. The number of hydrogen-bond donors (Lipinski definition) is 2. The molecule has 4 nitrogen and oxygen atoms in total. The Balaban J connectivity index is 1.66. The Morgan fingerprint density at radius 2 is 1.73 bits per heavy atom. The van der Waals surface area contributed by atoms with Gasteiger partial charge in [0, 0.05) is 10.9 Å². The molecule has 3 N–H and O–H groups in total. The minimum absolute atomic E-state index is 0.119. The summed E-state index contributed by atoms with van der Waals surface area (Å²) in [5.41, 5.74) is 9.18. The Morgan fingerprint density at radius 1 is 1.05 bits per heavy atom. The highest BCUT2D eigenvalue weighted by Gasteiger charge is 2.07. The molecule has 0 fully saturated rings. The fourth-order valence-electron chi connectivity index (χ4n) is 2.12. The van der Waals surface area contributed by atoms with Crippen LogP contribution in [-0.4, -0.2) is 10.9 Å². The molecule has 0 aliphatic rings. The van der Waals surface area contributed by atoms with Crippen molar-refractivity contribution in [3.8, 4) is 11.1 Å². The Bertz CT molecular complexity index is 766. The van der Waals surface area contributed by atoms with Gasteiger partial charge in [-0.3, -0.25) is 4.79 Å². The van der Waals surface area contributed by atoms with E-state index >= 15 is 0 Å². The molecular formula is C17H15N3OS. The predicted octanol–water partition coefficient (Wildman–Crippen LogP) is 3.32. The third-order valence-corrected chi connectivity index (χ3v) is 3.98. The second-order valence-electron chi connectivity index (χ2n) is 4.80. The molecule has 0 bridgehead atoms. The van der Waals surface area contributed by atoms with Crippen molar-refractivity contribution in [3.05, 3.63) is 71.2 Å². The summed E-state index contributed by atoms with van der Waals surface area (Å²) in [6.07, 6.45) is 0. The average molecular weight is 309 g/mol. The number of benzene rings is 2. The summed E-state index contributed by atoms with van der Waals surface area (Å²) in [6, 6.07) is 17.6. The van der Waals surface area contributed by atoms with Gasteiger partial charge in [0.05, 0.1) is 12.2 Å². The SMILES string of the molecule is Nc1nc(CNC(=O)c2ccc(-c3ccccc3)cc2)cs1. The van der Waals surface area contributed by atoms with Gasteiger partial charge in [-0.1, -0.05) is 42.5 Å². The first-order valence-electron chi connectivity index (χ1n) is 6.86. The van der Waals surface area contributed by atoms with Crippen LogP contribution < -0.4 is 11.1 Å². The molecule has 0 saturated heterocycles. The van der Waals surface area contributed by atoms with Crippen LogP contribution >= 0.6 is 11.3 Å². The molecule has 22 heavy (non-hydrogen) atoms. The van der Waals surface area contributed by atoms with Crippen LogP contribution in [0, 0.1) is 0 Å². The third kappa shape index (κ3) is 3.32. The maximum absolute atomic E-state index is 12.1. The molecule has 0 saturated carbocycles. The highest BCUT2D eigenvalue weighted by molar-refractivity contribution is 7.13. The van der Waals surface area contributed by atoms with Gasteiger partial charge >= 0.3 is 0 Å². The van der Waals surface area contributed by atoms with Crippen LogP contribution in [0.2, 0.25) is 0 Å². The van der Waals surface area contributed by atoms with Crippen LogP contribution in [0.5, 0.6) is 0 Å². The summed E-state index contributed by atoms with van der Waals surface area (Å²) in [7, 11) is 0. The lowest BCUT2D eigenvalue weighted by Crippen LogP contribution is -2.22. The van der Waals surface area contributed by atoms with Gasteiger partial charge in [-0.15, -0.1) is 11.3 Å². The Morgan fingerprint density at radius 3 is 2.36 bits per heavy atom. The molecule has 3 rings (SSSR count). The fraction of sp³-hybridized carbons (Fsp3) is 0.0588. The van der Waals surface area contributed by atoms with E-state index in [0.717, 1.165) is 16.8 Å². The predicted molar refractivity (Wildman–Crippen MR) is 89.6 cm³/mol. The first kappa shape index (κ1) is 14.3. The molecular weight excluding hydrogens is 294 g/mol. The largest absolute Gasteiger partial charge is 0.375 e. The maximum Gasteiger partial charge on any atom is 0.251 e. The quantitative estimate of drug-likeness (QED) is 0.777. The zero-order valence-corrected chi connectivity index (χ0v) is 12.6. The van der Waals surface area contributed by atoms with Gasteiger partial charge in [-0.05, 0) is 23.3 Å². The number of carbonyl (C=O) groups is 1. The molecule has 5 heteroatoms. The number of nitrogens with one attached hydrogen (secondary N) is 1. The van der Waals surface area contributed by atoms with E-state index in [2.05, 4.69) is 10.3 Å². The minimum atomic E-state index is -0.119. The lowest BCUT2D eigenvalue weighted by atomic mass is 10.0. The number of nitrogens with zero attached hydrogens (tertiary/aromatic N) is 1. The fourth-order valence-corrected chi connectivity index (χ4v) is 2.68. The van der Waals surface area contributed by atoms with Crippen LogP contribution in [0.1, 0.15) is 16.1 Å². The van der Waals surface area contributed by atoms with Crippen molar-refractivity contribution in [2.75, 3.05) is 5.73 Å². The molecule has 1 amide bonds. The van der Waals surface area contributed by atoms with Crippen molar-refractivity contribution in [2.45, 2.75) is 6.54 Å². The van der Waals surface area contributed by atoms with E-state index in [-0.39, 0.29) is 5.91 Å². The number of thiazole rings is 1. The molecule has 0 unspecified atom stereocenters. The van der Waals surface area contributed by atoms with Crippen LogP contribution in [0.3, 0.4) is 0 Å². The smallest absolute Gasteiger partial charge is 0.251 e. The van der Waals surface area contributed by atoms with Crippen molar-refractivity contribution < 1.29 is 4.79 Å². The first-order chi connectivity index (χ1) is 10.7. The molecule has 0 aliphatic carbocycles. The number of hydrogen-bond acceptors (Lipinski definition) is 4. The summed E-state index contributed by atoms with van der Waals surface area (Å²) in [5.74, 6) is -0.119. The highest BCUT2D eigenvalue weighted by Crippen LogP contribution is 2.19. The molecule has 0 atom stereocenters. The lowest BCUT2D eigenvalue weighted by molar-refractivity contribution is 0.0950. The van der Waals surface area contributed by atoms with Gasteiger partial charge < -0.3 is 11.1 Å². The Labute approximate surface area is 132 Å². The van der Waals surface area contributed by atoms with E-state index in [4.69, 9.17) is 5.73 Å². The van der Waals surface area contributed by atoms with Crippen molar-refractivity contribution >= 4 is 22.4 Å². The third-order valence-electron chi connectivity index (χ3n) is 3.25. The second kappa shape index (κ2) is 6.41. The summed E-state index contributed by atoms with van der Waals surface area (Å²) in [6.45, 7) is 0.382. The molecule has 0 spiro atoms. The Hall–Kier alpha value is -2.66. The summed E-state index contributed by atoms with van der Waals surface area (Å²) in [4.78, 5) is 16.2. The minimum Gasteiger partial charge on any atom is -0.375 e. The van der Waals surface area contributed by atoms with E-state index in [1.54, 1.807) is 0 Å². The monoisotopic (exact) mass is 309 g/mol. The number of carbonyl (C=O) groups excluding carboxylic acids is 1. The molecule has 0 aliphatic heterocycles. The molecule has 2 aromatic carbocycles. The van der Waals surface area contributed by atoms with Gasteiger partial charge in [0.15, 0.2) is 5.13 Å². The molecule has 0 radical (unpaired) electrons. The van der Waals surface area contributed by atoms with E-state index in [0.29, 0.717) is 17.2 Å². The number of anilines is 1. The molecule has 3 aromatic rings. The second-order valence-corrected chi connectivity index (χ2v) is 5.69. The summed E-state index contributed by atoms with van der Waals surface area (Å²) in [5, 5.41) is 5.19. The van der Waals surface area contributed by atoms with Gasteiger partial charge in [-0.2, -0.15) is 0 Å². The van der Waals surface area contributed by atoms with E-state index in [1.165, 1.54) is 11.3 Å². The number of aromatic nitrogens is 1.